The van der Waals surface area contributed by atoms with Crippen LogP contribution in [0.3, 0.4) is 0 Å². The van der Waals surface area contributed by atoms with Gasteiger partial charge in [-0.1, -0.05) is 23.7 Å². The second-order valence-electron chi connectivity index (χ2n) is 8.03. The van der Waals surface area contributed by atoms with E-state index in [0.29, 0.717) is 40.7 Å². The first-order valence-electron chi connectivity index (χ1n) is 11.3. The van der Waals surface area contributed by atoms with Crippen LogP contribution in [0.5, 0.6) is 5.75 Å². The van der Waals surface area contributed by atoms with E-state index < -0.39 is 0 Å². The lowest BCUT2D eigenvalue weighted by molar-refractivity contribution is 0.110. The van der Waals surface area contributed by atoms with Crippen LogP contribution in [0.15, 0.2) is 83.5 Å². The van der Waals surface area contributed by atoms with Crippen LogP contribution in [0, 0.1) is 5.82 Å². The van der Waals surface area contributed by atoms with Crippen molar-refractivity contribution in [3.05, 3.63) is 101 Å². The van der Waals surface area contributed by atoms with Crippen molar-refractivity contribution in [1.29, 1.82) is 0 Å². The van der Waals surface area contributed by atoms with Crippen molar-refractivity contribution in [2.75, 3.05) is 11.4 Å². The number of rotatable bonds is 8. The van der Waals surface area contributed by atoms with Crippen LogP contribution in [-0.2, 0) is 6.61 Å². The molecule has 0 aliphatic rings. The highest BCUT2D eigenvalue weighted by Crippen LogP contribution is 2.36. The van der Waals surface area contributed by atoms with Gasteiger partial charge in [-0.25, -0.2) is 14.4 Å². The van der Waals surface area contributed by atoms with E-state index in [4.69, 9.17) is 20.8 Å². The monoisotopic (exact) mass is 501 g/mol. The highest BCUT2D eigenvalue weighted by atomic mass is 35.5. The molecule has 0 radical (unpaired) electrons. The standard InChI is InChI=1S/C28H21ClFN3O3/c1-2-33(21-7-10-27(24(29)14-21)35-16-18-4-3-5-20(30)12-18)28-23-13-19(6-9-25(23)31-17-32-28)26-11-8-22(15-34)36-26/h3-15,17H,2,16H2,1H3. The molecule has 5 rings (SSSR count). The Bertz CT molecular complexity index is 1550. The molecular weight excluding hydrogens is 481 g/mol. The van der Waals surface area contributed by atoms with Gasteiger partial charge in [-0.2, -0.15) is 0 Å². The van der Waals surface area contributed by atoms with Gasteiger partial charge in [0.15, 0.2) is 12.0 Å². The first-order valence-corrected chi connectivity index (χ1v) is 11.7. The van der Waals surface area contributed by atoms with Gasteiger partial charge in [-0.15, -0.1) is 0 Å². The van der Waals surface area contributed by atoms with Crippen molar-refractivity contribution in [3.63, 3.8) is 0 Å². The Morgan fingerprint density at radius 3 is 2.69 bits per heavy atom. The Labute approximate surface area is 211 Å². The molecule has 180 valence electrons. The second-order valence-corrected chi connectivity index (χ2v) is 8.43. The number of carbonyl (C=O) groups excluding carboxylic acids is 1. The van der Waals surface area contributed by atoms with Gasteiger partial charge in [-0.05, 0) is 73.2 Å². The smallest absolute Gasteiger partial charge is 0.185 e. The topological polar surface area (TPSA) is 68.5 Å². The maximum Gasteiger partial charge on any atom is 0.185 e. The van der Waals surface area contributed by atoms with Crippen molar-refractivity contribution in [2.45, 2.75) is 13.5 Å². The molecule has 0 saturated heterocycles. The zero-order chi connectivity index (χ0) is 25.1. The fraction of sp³-hybridized carbons (Fsp3) is 0.107. The van der Waals surface area contributed by atoms with Crippen molar-refractivity contribution < 1.29 is 18.3 Å². The number of furan rings is 1. The third-order valence-corrected chi connectivity index (χ3v) is 6.02. The maximum absolute atomic E-state index is 13.4. The Balaban J connectivity index is 1.46. The molecule has 0 bridgehead atoms. The predicted octanol–water partition coefficient (Wildman–Crippen LogP) is 7.23. The number of carbonyl (C=O) groups is 1. The van der Waals surface area contributed by atoms with Crippen LogP contribution < -0.4 is 9.64 Å². The lowest BCUT2D eigenvalue weighted by Gasteiger charge is -2.24. The highest BCUT2D eigenvalue weighted by molar-refractivity contribution is 6.32. The number of ether oxygens (including phenoxy) is 1. The molecule has 36 heavy (non-hydrogen) atoms. The molecule has 0 aliphatic carbocycles. The summed E-state index contributed by atoms with van der Waals surface area (Å²) < 4.78 is 24.9. The lowest BCUT2D eigenvalue weighted by Crippen LogP contribution is -2.18. The van der Waals surface area contributed by atoms with Crippen LogP contribution in [0.2, 0.25) is 5.02 Å². The highest BCUT2D eigenvalue weighted by Gasteiger charge is 2.16. The quantitative estimate of drug-likeness (QED) is 0.209. The normalized spacial score (nSPS) is 11.0. The molecule has 0 saturated carbocycles. The van der Waals surface area contributed by atoms with Gasteiger partial charge >= 0.3 is 0 Å². The SMILES string of the molecule is CCN(c1ccc(OCc2cccc(F)c2)c(Cl)c1)c1ncnc2ccc(-c3ccc(C=O)o3)cc12. The van der Waals surface area contributed by atoms with Gasteiger partial charge in [0, 0.05) is 23.2 Å². The molecule has 6 nitrogen and oxygen atoms in total. The summed E-state index contributed by atoms with van der Waals surface area (Å²) in [5.41, 5.74) is 3.12. The Hall–Kier alpha value is -4.23. The van der Waals surface area contributed by atoms with E-state index in [2.05, 4.69) is 9.97 Å². The summed E-state index contributed by atoms with van der Waals surface area (Å²) in [6.45, 7) is 2.83. The molecule has 0 aliphatic heterocycles. The zero-order valence-corrected chi connectivity index (χ0v) is 20.1. The second kappa shape index (κ2) is 10.2. The Morgan fingerprint density at radius 1 is 1.06 bits per heavy atom. The lowest BCUT2D eigenvalue weighted by atomic mass is 10.1. The van der Waals surface area contributed by atoms with E-state index in [1.807, 2.05) is 42.2 Å². The largest absolute Gasteiger partial charge is 0.487 e. The molecule has 2 aromatic heterocycles. The van der Waals surface area contributed by atoms with Crippen LogP contribution >= 0.6 is 11.6 Å². The summed E-state index contributed by atoms with van der Waals surface area (Å²) >= 11 is 6.56. The Morgan fingerprint density at radius 2 is 1.94 bits per heavy atom. The molecular formula is C28H21ClFN3O3. The maximum atomic E-state index is 13.4. The van der Waals surface area contributed by atoms with Crippen LogP contribution in [0.1, 0.15) is 23.0 Å². The van der Waals surface area contributed by atoms with E-state index in [0.717, 1.165) is 22.2 Å². The summed E-state index contributed by atoms with van der Waals surface area (Å²) in [5.74, 6) is 1.74. The molecule has 2 heterocycles. The van der Waals surface area contributed by atoms with Crippen molar-refractivity contribution in [3.8, 4) is 17.1 Å². The van der Waals surface area contributed by atoms with Gasteiger partial charge in [0.25, 0.3) is 0 Å². The number of benzene rings is 3. The molecule has 0 atom stereocenters. The average molecular weight is 502 g/mol. The van der Waals surface area contributed by atoms with Gasteiger partial charge in [0.2, 0.25) is 0 Å². The summed E-state index contributed by atoms with van der Waals surface area (Å²) in [6, 6.07) is 20.9. The fourth-order valence-electron chi connectivity index (χ4n) is 4.00. The first kappa shape index (κ1) is 23.5. The number of halogens is 2. The summed E-state index contributed by atoms with van der Waals surface area (Å²) in [5, 5.41) is 1.25. The number of nitrogens with zero attached hydrogens (tertiary/aromatic N) is 3. The van der Waals surface area contributed by atoms with Crippen LogP contribution in [0.25, 0.3) is 22.2 Å². The number of hydrogen-bond acceptors (Lipinski definition) is 6. The van der Waals surface area contributed by atoms with E-state index in [-0.39, 0.29) is 18.2 Å². The van der Waals surface area contributed by atoms with Crippen molar-refractivity contribution >= 4 is 40.3 Å². The third-order valence-electron chi connectivity index (χ3n) is 5.72. The van der Waals surface area contributed by atoms with Crippen LogP contribution in [-0.4, -0.2) is 22.8 Å². The first-order chi connectivity index (χ1) is 17.6. The van der Waals surface area contributed by atoms with Crippen LogP contribution in [0.4, 0.5) is 15.9 Å². The summed E-state index contributed by atoms with van der Waals surface area (Å²) in [7, 11) is 0. The minimum atomic E-state index is -0.312. The zero-order valence-electron chi connectivity index (χ0n) is 19.3. The number of hydrogen-bond donors (Lipinski definition) is 0. The van der Waals surface area contributed by atoms with E-state index >= 15 is 0 Å². The number of fused-ring (bicyclic) bond motifs is 1. The van der Waals surface area contributed by atoms with Gasteiger partial charge < -0.3 is 14.1 Å². The molecule has 0 N–H and O–H groups in total. The number of aldehydes is 1. The minimum absolute atomic E-state index is 0.201. The molecule has 8 heteroatoms. The summed E-state index contributed by atoms with van der Waals surface area (Å²) in [4.78, 5) is 22.0. The van der Waals surface area contributed by atoms with E-state index in [9.17, 15) is 9.18 Å². The number of aromatic nitrogens is 2. The fourth-order valence-corrected chi connectivity index (χ4v) is 4.23. The summed E-state index contributed by atoms with van der Waals surface area (Å²) in [6.07, 6.45) is 2.20. The Kier molecular flexibility index (Phi) is 6.64. The molecule has 5 aromatic rings. The van der Waals surface area contributed by atoms with Gasteiger partial charge in [-0.3, -0.25) is 4.79 Å². The minimum Gasteiger partial charge on any atom is -0.487 e. The van der Waals surface area contributed by atoms with E-state index in [1.54, 1.807) is 30.3 Å². The van der Waals surface area contributed by atoms with Gasteiger partial charge in [0.05, 0.1) is 10.5 Å². The van der Waals surface area contributed by atoms with Crippen molar-refractivity contribution in [1.82, 2.24) is 9.97 Å². The predicted molar refractivity (Wildman–Crippen MR) is 137 cm³/mol. The molecule has 0 unspecified atom stereocenters. The van der Waals surface area contributed by atoms with Gasteiger partial charge in [0.1, 0.15) is 36.1 Å². The number of anilines is 2. The van der Waals surface area contributed by atoms with E-state index in [1.165, 1.54) is 18.5 Å². The molecule has 0 fully saturated rings. The molecule has 0 spiro atoms. The molecule has 3 aromatic carbocycles. The van der Waals surface area contributed by atoms with Crippen molar-refractivity contribution in [2.24, 2.45) is 0 Å². The average Bonchev–Trinajstić information content (AvgIpc) is 3.38. The third kappa shape index (κ3) is 4.78. The molecule has 0 amide bonds.